The Morgan fingerprint density at radius 2 is 1.82 bits per heavy atom. The van der Waals surface area contributed by atoms with Gasteiger partial charge in [0.05, 0.1) is 12.3 Å². The summed E-state index contributed by atoms with van der Waals surface area (Å²) in [5.41, 5.74) is 4.55. The molecule has 2 rings (SSSR count). The zero-order chi connectivity index (χ0) is 24.4. The third-order valence-electron chi connectivity index (χ3n) is 4.89. The lowest BCUT2D eigenvalue weighted by Gasteiger charge is -2.20. The lowest BCUT2D eigenvalue weighted by molar-refractivity contribution is -0.0130. The molecule has 0 bridgehead atoms. The van der Waals surface area contributed by atoms with Crippen LogP contribution in [-0.2, 0) is 30.9 Å². The van der Waals surface area contributed by atoms with Gasteiger partial charge in [-0.1, -0.05) is 45.0 Å². The van der Waals surface area contributed by atoms with Crippen molar-refractivity contribution in [3.63, 3.8) is 0 Å². The number of aryl methyl sites for hydroxylation is 2. The number of aromatic nitrogens is 2. The second-order valence-corrected chi connectivity index (χ2v) is 8.44. The van der Waals surface area contributed by atoms with E-state index in [1.54, 1.807) is 13.3 Å². The van der Waals surface area contributed by atoms with Crippen molar-refractivity contribution in [2.24, 2.45) is 4.99 Å². The van der Waals surface area contributed by atoms with E-state index in [0.29, 0.717) is 12.3 Å². The monoisotopic (exact) mass is 457 g/mol. The number of carbonyl (C=O) groups excluding carboxylic acids is 1. The predicted octanol–water partition coefficient (Wildman–Crippen LogP) is 4.85. The van der Waals surface area contributed by atoms with E-state index in [0.717, 1.165) is 22.5 Å². The zero-order valence-electron chi connectivity index (χ0n) is 20.7. The molecule has 180 valence electrons. The molecule has 33 heavy (non-hydrogen) atoms. The van der Waals surface area contributed by atoms with Gasteiger partial charge in [-0.3, -0.25) is 9.67 Å². The first-order chi connectivity index (χ1) is 15.7. The van der Waals surface area contributed by atoms with Gasteiger partial charge in [-0.15, -0.1) is 0 Å². The van der Waals surface area contributed by atoms with Gasteiger partial charge in [-0.05, 0) is 36.5 Å². The first kappa shape index (κ1) is 26.1. The number of methoxy groups -OCH3 is 1. The molecule has 0 fully saturated rings. The fraction of sp³-hybridized carbons (Fsp3) is 0.480. The fourth-order valence-electron chi connectivity index (χ4n) is 3.19. The van der Waals surface area contributed by atoms with Crippen LogP contribution >= 0.6 is 0 Å². The lowest BCUT2D eigenvalue weighted by Crippen LogP contribution is -2.14. The lowest BCUT2D eigenvalue weighted by atomic mass is 9.86. The molecule has 1 aromatic heterocycles. The first-order valence-electron chi connectivity index (χ1n) is 10.9. The minimum Gasteiger partial charge on any atom is -0.454 e. The summed E-state index contributed by atoms with van der Waals surface area (Å²) in [6, 6.07) is 10.2. The summed E-state index contributed by atoms with van der Waals surface area (Å²) in [5, 5.41) is 4.54. The summed E-state index contributed by atoms with van der Waals surface area (Å²) < 4.78 is 22.7. The van der Waals surface area contributed by atoms with E-state index in [1.807, 2.05) is 36.7 Å². The molecule has 1 aromatic carbocycles. The van der Waals surface area contributed by atoms with Gasteiger partial charge >= 0.3 is 6.16 Å². The number of hydrogen-bond donors (Lipinski definition) is 0. The highest BCUT2D eigenvalue weighted by atomic mass is 16.8. The van der Waals surface area contributed by atoms with Crippen LogP contribution in [0.25, 0.3) is 11.3 Å². The van der Waals surface area contributed by atoms with Gasteiger partial charge in [0, 0.05) is 32.5 Å². The maximum absolute atomic E-state index is 11.8. The summed E-state index contributed by atoms with van der Waals surface area (Å²) in [6.07, 6.45) is 0.910. The largest absolute Gasteiger partial charge is 0.511 e. The molecule has 1 heterocycles. The Morgan fingerprint density at radius 1 is 1.12 bits per heavy atom. The summed E-state index contributed by atoms with van der Waals surface area (Å²) in [7, 11) is 3.23. The number of allylic oxidation sites excluding steroid dienone is 1. The van der Waals surface area contributed by atoms with Gasteiger partial charge in [-0.2, -0.15) is 5.10 Å². The number of ether oxygens (including phenoxy) is 4. The molecule has 0 aliphatic heterocycles. The minimum atomic E-state index is -0.827. The zero-order valence-corrected chi connectivity index (χ0v) is 20.7. The molecule has 0 radical (unpaired) electrons. The second kappa shape index (κ2) is 12.2. The Kier molecular flexibility index (Phi) is 9.66. The number of benzene rings is 1. The summed E-state index contributed by atoms with van der Waals surface area (Å²) in [4.78, 5) is 16.1. The quantitative estimate of drug-likeness (QED) is 0.167. The van der Waals surface area contributed by atoms with E-state index in [-0.39, 0.29) is 25.4 Å². The average molecular weight is 458 g/mol. The van der Waals surface area contributed by atoms with Crippen molar-refractivity contribution in [1.82, 2.24) is 9.78 Å². The molecule has 0 N–H and O–H groups in total. The smallest absolute Gasteiger partial charge is 0.454 e. The Morgan fingerprint density at radius 3 is 2.39 bits per heavy atom. The van der Waals surface area contributed by atoms with Crippen LogP contribution in [0.1, 0.15) is 50.2 Å². The molecule has 8 heteroatoms. The summed E-state index contributed by atoms with van der Waals surface area (Å²) in [6.45, 7) is 11.2. The first-order valence-corrected chi connectivity index (χ1v) is 10.9. The van der Waals surface area contributed by atoms with Gasteiger partial charge < -0.3 is 18.9 Å². The molecule has 2 aromatic rings. The standard InChI is InChI=1S/C25H35N3O5/c1-8-28-22(15-18(2)27-28)23(32-17-33-24(29)31-14-13-30-7)21(16-26-6)19-9-11-20(12-10-19)25(3,4)5/h9-12,15-16H,8,13-14,17H2,1-7H3/b23-21-,26-16?. The van der Waals surface area contributed by atoms with E-state index < -0.39 is 6.16 Å². The second-order valence-electron chi connectivity index (χ2n) is 8.44. The molecular formula is C25H35N3O5. The Labute approximate surface area is 196 Å². The SMILES string of the molecule is CCn1nc(C)cc1/C(OCOC(=O)OCCOC)=C(\C=NC)c1ccc(C(C)(C)C)cc1. The van der Waals surface area contributed by atoms with E-state index in [9.17, 15) is 4.79 Å². The highest BCUT2D eigenvalue weighted by Gasteiger charge is 2.19. The molecule has 0 saturated heterocycles. The van der Waals surface area contributed by atoms with Crippen molar-refractivity contribution in [1.29, 1.82) is 0 Å². The number of carbonyl (C=O) groups is 1. The van der Waals surface area contributed by atoms with Gasteiger partial charge in [0.2, 0.25) is 6.79 Å². The van der Waals surface area contributed by atoms with Gasteiger partial charge in [0.15, 0.2) is 5.76 Å². The van der Waals surface area contributed by atoms with E-state index >= 15 is 0 Å². The Balaban J connectivity index is 2.44. The topological polar surface area (TPSA) is 84.2 Å². The Hall–Kier alpha value is -3.13. The number of aliphatic imine (C=N–C) groups is 1. The predicted molar refractivity (Wildman–Crippen MR) is 129 cm³/mol. The molecule has 0 unspecified atom stereocenters. The molecule has 0 aliphatic rings. The minimum absolute atomic E-state index is 0.0372. The van der Waals surface area contributed by atoms with Crippen LogP contribution in [0.5, 0.6) is 0 Å². The van der Waals surface area contributed by atoms with Crippen molar-refractivity contribution < 1.29 is 23.7 Å². The van der Waals surface area contributed by atoms with E-state index in [2.05, 4.69) is 43.0 Å². The number of nitrogens with zero attached hydrogens (tertiary/aromatic N) is 3. The normalized spacial score (nSPS) is 12.6. The van der Waals surface area contributed by atoms with Crippen LogP contribution < -0.4 is 0 Å². The van der Waals surface area contributed by atoms with Crippen LogP contribution in [0.2, 0.25) is 0 Å². The van der Waals surface area contributed by atoms with Crippen LogP contribution in [0.15, 0.2) is 35.3 Å². The average Bonchev–Trinajstić information content (AvgIpc) is 3.15. The number of hydrogen-bond acceptors (Lipinski definition) is 7. The third-order valence-corrected chi connectivity index (χ3v) is 4.89. The third kappa shape index (κ3) is 7.46. The van der Waals surface area contributed by atoms with Crippen LogP contribution in [-0.4, -0.2) is 56.3 Å². The summed E-state index contributed by atoms with van der Waals surface area (Å²) in [5.74, 6) is 0.510. The van der Waals surface area contributed by atoms with Crippen molar-refractivity contribution in [3.05, 3.63) is 52.8 Å². The van der Waals surface area contributed by atoms with Gasteiger partial charge in [-0.25, -0.2) is 4.79 Å². The van der Waals surface area contributed by atoms with Crippen molar-refractivity contribution >= 4 is 23.7 Å². The van der Waals surface area contributed by atoms with Crippen LogP contribution in [0.3, 0.4) is 0 Å². The van der Waals surface area contributed by atoms with Crippen LogP contribution in [0, 0.1) is 6.92 Å². The van der Waals surface area contributed by atoms with E-state index in [1.165, 1.54) is 12.7 Å². The molecule has 0 atom stereocenters. The Bertz CT molecular complexity index is 969. The highest BCUT2D eigenvalue weighted by Crippen LogP contribution is 2.29. The molecule has 0 saturated carbocycles. The molecule has 0 spiro atoms. The van der Waals surface area contributed by atoms with Gasteiger partial charge in [0.25, 0.3) is 0 Å². The van der Waals surface area contributed by atoms with Crippen molar-refractivity contribution in [3.8, 4) is 0 Å². The molecule has 8 nitrogen and oxygen atoms in total. The fourth-order valence-corrected chi connectivity index (χ4v) is 3.19. The van der Waals surface area contributed by atoms with Gasteiger partial charge in [0.1, 0.15) is 12.3 Å². The van der Waals surface area contributed by atoms with Crippen molar-refractivity contribution in [2.45, 2.75) is 46.6 Å². The van der Waals surface area contributed by atoms with Crippen molar-refractivity contribution in [2.75, 3.05) is 34.2 Å². The molecule has 0 amide bonds. The highest BCUT2D eigenvalue weighted by molar-refractivity contribution is 6.18. The molecule has 0 aliphatic carbocycles. The number of rotatable bonds is 10. The maximum Gasteiger partial charge on any atom is 0.511 e. The summed E-state index contributed by atoms with van der Waals surface area (Å²) >= 11 is 0. The molecular weight excluding hydrogens is 422 g/mol. The maximum atomic E-state index is 11.8. The van der Waals surface area contributed by atoms with Crippen LogP contribution in [0.4, 0.5) is 4.79 Å². The van der Waals surface area contributed by atoms with E-state index in [4.69, 9.17) is 18.9 Å².